The van der Waals surface area contributed by atoms with Crippen molar-refractivity contribution < 1.29 is 41.1 Å². The molecular weight excluding hydrogens is 505 g/mol. The molecule has 1 fully saturated rings. The molecule has 2 aliphatic rings. The molecule has 0 radical (unpaired) electrons. The van der Waals surface area contributed by atoms with E-state index in [9.17, 15) is 26.4 Å². The molecule has 1 spiro atoms. The fourth-order valence-corrected chi connectivity index (χ4v) is 5.23. The van der Waals surface area contributed by atoms with E-state index in [0.29, 0.717) is 25.9 Å². The second kappa shape index (κ2) is 11.0. The Bertz CT molecular complexity index is 1210. The van der Waals surface area contributed by atoms with Crippen molar-refractivity contribution in [1.82, 2.24) is 14.6 Å². The van der Waals surface area contributed by atoms with Gasteiger partial charge in [-0.3, -0.25) is 9.78 Å². The molecule has 194 valence electrons. The van der Waals surface area contributed by atoms with Crippen LogP contribution in [-0.2, 0) is 31.0 Å². The lowest BCUT2D eigenvalue weighted by Crippen LogP contribution is -2.50. The van der Waals surface area contributed by atoms with Gasteiger partial charge < -0.3 is 15.3 Å². The van der Waals surface area contributed by atoms with Crippen molar-refractivity contribution >= 4 is 27.6 Å². The topological polar surface area (TPSA) is 138 Å². The molecule has 1 unspecified atom stereocenters. The zero-order valence-electron chi connectivity index (χ0n) is 18.8. The van der Waals surface area contributed by atoms with Crippen molar-refractivity contribution in [3.8, 4) is 0 Å². The van der Waals surface area contributed by atoms with Crippen LogP contribution in [-0.4, -0.2) is 65.3 Å². The highest BCUT2D eigenvalue weighted by molar-refractivity contribution is 7.89. The van der Waals surface area contributed by atoms with Gasteiger partial charge in [-0.25, -0.2) is 13.2 Å². The number of amides is 1. The van der Waals surface area contributed by atoms with Gasteiger partial charge in [0.15, 0.2) is 5.60 Å². The Morgan fingerprint density at radius 3 is 2.47 bits per heavy atom. The van der Waals surface area contributed by atoms with Gasteiger partial charge in [0.05, 0.1) is 11.4 Å². The normalized spacial score (nSPS) is 20.0. The standard InChI is InChI=1S/C20H22N4O4S.C2HF3O2/c25-19(22-14-16-6-4-10-21-13-16)18-12-20(28-23-18)9-5-11-24(15-20)29(26,27)17-7-2-1-3-8-17;3-2(4,5)1(6)7/h1-4,6-8,10,13H,5,9,11-12,14-15H2,(H,22,25);(H,6,7). The van der Waals surface area contributed by atoms with Crippen LogP contribution in [0.4, 0.5) is 13.2 Å². The third kappa shape index (κ3) is 6.79. The summed E-state index contributed by atoms with van der Waals surface area (Å²) in [6.07, 6.45) is -0.153. The van der Waals surface area contributed by atoms with E-state index in [2.05, 4.69) is 15.5 Å². The van der Waals surface area contributed by atoms with Crippen molar-refractivity contribution in [3.05, 3.63) is 60.4 Å². The van der Waals surface area contributed by atoms with Gasteiger partial charge in [-0.2, -0.15) is 17.5 Å². The molecule has 36 heavy (non-hydrogen) atoms. The quantitative estimate of drug-likeness (QED) is 0.608. The smallest absolute Gasteiger partial charge is 0.475 e. The number of aromatic nitrogens is 1. The van der Waals surface area contributed by atoms with Crippen molar-refractivity contribution in [2.24, 2.45) is 5.16 Å². The minimum Gasteiger partial charge on any atom is -0.475 e. The first-order valence-corrected chi connectivity index (χ1v) is 12.1. The SMILES string of the molecule is O=C(NCc1cccnc1)C1=NOC2(CCCN(S(=O)(=O)c3ccccc3)C2)C1.O=C(O)C(F)(F)F. The molecule has 1 aromatic carbocycles. The van der Waals surface area contributed by atoms with Gasteiger partial charge in [0.1, 0.15) is 5.71 Å². The van der Waals surface area contributed by atoms with Crippen molar-refractivity contribution in [1.29, 1.82) is 0 Å². The van der Waals surface area contributed by atoms with E-state index in [-0.39, 0.29) is 29.5 Å². The monoisotopic (exact) mass is 528 g/mol. The summed E-state index contributed by atoms with van der Waals surface area (Å²) in [4.78, 5) is 31.3. The van der Waals surface area contributed by atoms with Crippen LogP contribution in [0.1, 0.15) is 24.8 Å². The number of carboxylic acid groups (broad SMARTS) is 1. The second-order valence-electron chi connectivity index (χ2n) is 8.09. The van der Waals surface area contributed by atoms with Gasteiger partial charge in [0, 0.05) is 31.9 Å². The van der Waals surface area contributed by atoms with E-state index in [1.807, 2.05) is 6.07 Å². The summed E-state index contributed by atoms with van der Waals surface area (Å²) in [6.45, 7) is 0.936. The number of rotatable bonds is 5. The summed E-state index contributed by atoms with van der Waals surface area (Å²) >= 11 is 0. The highest BCUT2D eigenvalue weighted by Crippen LogP contribution is 2.35. The molecule has 2 aromatic rings. The zero-order chi connectivity index (χ0) is 26.4. The van der Waals surface area contributed by atoms with Crippen LogP contribution in [0.3, 0.4) is 0 Å². The minimum atomic E-state index is -5.08. The van der Waals surface area contributed by atoms with Gasteiger partial charge in [-0.1, -0.05) is 29.4 Å². The van der Waals surface area contributed by atoms with E-state index in [1.165, 1.54) is 4.31 Å². The van der Waals surface area contributed by atoms with Crippen LogP contribution in [0.15, 0.2) is 64.9 Å². The number of alkyl halides is 3. The first kappa shape index (κ1) is 27.1. The fourth-order valence-electron chi connectivity index (χ4n) is 3.65. The van der Waals surface area contributed by atoms with Crippen LogP contribution < -0.4 is 5.32 Å². The van der Waals surface area contributed by atoms with Crippen LogP contribution in [0, 0.1) is 0 Å². The van der Waals surface area contributed by atoms with E-state index < -0.39 is 27.8 Å². The number of nitrogens with one attached hydrogen (secondary N) is 1. The summed E-state index contributed by atoms with van der Waals surface area (Å²) in [6, 6.07) is 12.0. The number of pyridine rings is 1. The maximum atomic E-state index is 12.9. The summed E-state index contributed by atoms with van der Waals surface area (Å²) in [5.74, 6) is -3.07. The molecular formula is C22H23F3N4O6S. The maximum absolute atomic E-state index is 12.9. The Labute approximate surface area is 204 Å². The lowest BCUT2D eigenvalue weighted by Gasteiger charge is -2.37. The number of hydrogen-bond donors (Lipinski definition) is 2. The molecule has 1 aromatic heterocycles. The predicted molar refractivity (Wildman–Crippen MR) is 120 cm³/mol. The minimum absolute atomic E-state index is 0.174. The van der Waals surface area contributed by atoms with Gasteiger partial charge >= 0.3 is 12.1 Å². The van der Waals surface area contributed by atoms with E-state index >= 15 is 0 Å². The van der Waals surface area contributed by atoms with Gasteiger partial charge in [-0.05, 0) is 36.6 Å². The van der Waals surface area contributed by atoms with E-state index in [0.717, 1.165) is 5.56 Å². The number of carbonyl (C=O) groups excluding carboxylic acids is 1. The Morgan fingerprint density at radius 1 is 1.17 bits per heavy atom. The number of carbonyl (C=O) groups is 2. The maximum Gasteiger partial charge on any atom is 0.490 e. The molecule has 0 aliphatic carbocycles. The van der Waals surface area contributed by atoms with Gasteiger partial charge in [0.25, 0.3) is 5.91 Å². The number of piperidine rings is 1. The Balaban J connectivity index is 0.000000454. The number of nitrogens with zero attached hydrogens (tertiary/aromatic N) is 3. The highest BCUT2D eigenvalue weighted by atomic mass is 32.2. The third-order valence-electron chi connectivity index (χ3n) is 5.40. The zero-order valence-corrected chi connectivity index (χ0v) is 19.6. The van der Waals surface area contributed by atoms with Crippen LogP contribution in [0.5, 0.6) is 0 Å². The van der Waals surface area contributed by atoms with Crippen LogP contribution >= 0.6 is 0 Å². The second-order valence-corrected chi connectivity index (χ2v) is 10.0. The summed E-state index contributed by atoms with van der Waals surface area (Å²) in [5.41, 5.74) is 0.377. The highest BCUT2D eigenvalue weighted by Gasteiger charge is 2.47. The van der Waals surface area contributed by atoms with Gasteiger partial charge in [-0.15, -0.1) is 0 Å². The molecule has 0 bridgehead atoms. The first-order valence-electron chi connectivity index (χ1n) is 10.7. The number of sulfonamides is 1. The van der Waals surface area contributed by atoms with Crippen LogP contribution in [0.25, 0.3) is 0 Å². The number of carboxylic acids is 1. The molecule has 1 saturated heterocycles. The number of hydrogen-bond acceptors (Lipinski definition) is 7. The van der Waals surface area contributed by atoms with E-state index in [4.69, 9.17) is 14.7 Å². The lowest BCUT2D eigenvalue weighted by molar-refractivity contribution is -0.192. The predicted octanol–water partition coefficient (Wildman–Crippen LogP) is 2.33. The number of oxime groups is 1. The lowest BCUT2D eigenvalue weighted by atomic mass is 9.89. The molecule has 4 rings (SSSR count). The van der Waals surface area contributed by atoms with Gasteiger partial charge in [0.2, 0.25) is 10.0 Å². The molecule has 1 atom stereocenters. The van der Waals surface area contributed by atoms with Crippen molar-refractivity contribution in [2.75, 3.05) is 13.1 Å². The Hall–Kier alpha value is -3.52. The molecule has 10 nitrogen and oxygen atoms in total. The van der Waals surface area contributed by atoms with Crippen LogP contribution in [0.2, 0.25) is 0 Å². The molecule has 1 amide bonds. The average Bonchev–Trinajstić information content (AvgIpc) is 3.26. The molecule has 14 heteroatoms. The summed E-state index contributed by atoms with van der Waals surface area (Å²) in [7, 11) is -3.61. The molecule has 0 saturated carbocycles. The number of halogens is 3. The van der Waals surface area contributed by atoms with E-state index in [1.54, 1.807) is 48.8 Å². The first-order chi connectivity index (χ1) is 16.9. The molecule has 2 N–H and O–H groups in total. The molecule has 2 aliphatic heterocycles. The largest absolute Gasteiger partial charge is 0.490 e. The fraction of sp³-hybridized carbons (Fsp3) is 0.364. The van der Waals surface area contributed by atoms with Crippen molar-refractivity contribution in [3.63, 3.8) is 0 Å². The number of benzene rings is 1. The molecule has 3 heterocycles. The Morgan fingerprint density at radius 2 is 1.86 bits per heavy atom. The Kier molecular flexibility index (Phi) is 8.30. The average molecular weight is 529 g/mol. The number of aliphatic carboxylic acids is 1. The van der Waals surface area contributed by atoms with Crippen molar-refractivity contribution in [2.45, 2.75) is 42.5 Å². The summed E-state index contributed by atoms with van der Waals surface area (Å²) in [5, 5.41) is 13.9. The summed E-state index contributed by atoms with van der Waals surface area (Å²) < 4.78 is 59.1. The third-order valence-corrected chi connectivity index (χ3v) is 7.26.